The first-order valence-corrected chi connectivity index (χ1v) is 11.0. The van der Waals surface area contributed by atoms with Gasteiger partial charge in [-0.25, -0.2) is 4.98 Å². The second-order valence-electron chi connectivity index (χ2n) is 8.12. The lowest BCUT2D eigenvalue weighted by atomic mass is 9.85. The summed E-state index contributed by atoms with van der Waals surface area (Å²) in [5.41, 5.74) is 2.16. The highest BCUT2D eigenvalue weighted by molar-refractivity contribution is 7.16. The van der Waals surface area contributed by atoms with Crippen molar-refractivity contribution in [1.29, 1.82) is 0 Å². The molecule has 3 aliphatic carbocycles. The van der Waals surface area contributed by atoms with Crippen molar-refractivity contribution in [1.82, 2.24) is 14.8 Å². The Balaban J connectivity index is 1.44. The van der Waals surface area contributed by atoms with Gasteiger partial charge in [0, 0.05) is 22.6 Å². The molecule has 0 unspecified atom stereocenters. The summed E-state index contributed by atoms with van der Waals surface area (Å²) in [4.78, 5) is 18.6. The first kappa shape index (κ1) is 16.5. The van der Waals surface area contributed by atoms with Crippen LogP contribution in [-0.4, -0.2) is 20.7 Å². The molecule has 5 rings (SSSR count). The Morgan fingerprint density at radius 1 is 1.08 bits per heavy atom. The van der Waals surface area contributed by atoms with Gasteiger partial charge in [-0.1, -0.05) is 25.7 Å². The van der Waals surface area contributed by atoms with Gasteiger partial charge in [0.25, 0.3) is 0 Å². The molecule has 5 nitrogen and oxygen atoms in total. The molecule has 2 aromatic rings. The molecule has 2 heterocycles. The van der Waals surface area contributed by atoms with E-state index >= 15 is 0 Å². The molecule has 0 aromatic carbocycles. The normalized spacial score (nSPS) is 21.5. The highest BCUT2D eigenvalue weighted by atomic mass is 32.1. The Bertz CT molecular complexity index is 797. The molecule has 138 valence electrons. The predicted octanol–water partition coefficient (Wildman–Crippen LogP) is 5.13. The molecular formula is C20H26N4OS. The van der Waals surface area contributed by atoms with Crippen LogP contribution in [0.4, 0.5) is 5.13 Å². The van der Waals surface area contributed by atoms with Crippen molar-refractivity contribution in [2.75, 3.05) is 5.32 Å². The molecule has 0 bridgehead atoms. The van der Waals surface area contributed by atoms with Gasteiger partial charge in [0.15, 0.2) is 5.13 Å². The van der Waals surface area contributed by atoms with Crippen LogP contribution in [-0.2, 0) is 4.79 Å². The van der Waals surface area contributed by atoms with Crippen LogP contribution < -0.4 is 5.32 Å². The third-order valence-corrected chi connectivity index (χ3v) is 7.26. The number of carbonyl (C=O) groups is 1. The summed E-state index contributed by atoms with van der Waals surface area (Å²) >= 11 is 1.69. The maximum atomic E-state index is 12.4. The van der Waals surface area contributed by atoms with Crippen molar-refractivity contribution in [3.05, 3.63) is 17.3 Å². The largest absolute Gasteiger partial charge is 0.302 e. The van der Waals surface area contributed by atoms with Crippen LogP contribution in [0.2, 0.25) is 0 Å². The van der Waals surface area contributed by atoms with Crippen LogP contribution in [0.5, 0.6) is 0 Å². The fraction of sp³-hybridized carbons (Fsp3) is 0.650. The molecule has 26 heavy (non-hydrogen) atoms. The number of amides is 1. The number of hydrogen-bond donors (Lipinski definition) is 1. The molecule has 3 aliphatic rings. The number of anilines is 1. The summed E-state index contributed by atoms with van der Waals surface area (Å²) in [6.07, 6.45) is 16.2. The van der Waals surface area contributed by atoms with Crippen LogP contribution in [0.15, 0.2) is 12.4 Å². The lowest BCUT2D eigenvalue weighted by Crippen LogP contribution is -2.27. The quantitative estimate of drug-likeness (QED) is 0.794. The van der Waals surface area contributed by atoms with E-state index in [2.05, 4.69) is 21.3 Å². The Labute approximate surface area is 158 Å². The summed E-state index contributed by atoms with van der Waals surface area (Å²) < 4.78 is 2.09. The van der Waals surface area contributed by atoms with Crippen LogP contribution in [0, 0.1) is 5.92 Å². The Morgan fingerprint density at radius 3 is 2.58 bits per heavy atom. The van der Waals surface area contributed by atoms with Crippen molar-refractivity contribution >= 4 is 22.4 Å². The molecule has 1 amide bonds. The molecule has 1 N–H and O–H groups in total. The summed E-state index contributed by atoms with van der Waals surface area (Å²) in [6, 6.07) is 0.582. The van der Waals surface area contributed by atoms with Crippen molar-refractivity contribution in [3.8, 4) is 11.3 Å². The molecule has 0 saturated heterocycles. The third-order valence-electron chi connectivity index (χ3n) is 6.13. The molecular weight excluding hydrogens is 344 g/mol. The maximum Gasteiger partial charge on any atom is 0.229 e. The summed E-state index contributed by atoms with van der Waals surface area (Å²) in [5, 5.41) is 8.43. The van der Waals surface area contributed by atoms with Crippen molar-refractivity contribution in [2.24, 2.45) is 5.92 Å². The minimum atomic E-state index is 0.153. The predicted molar refractivity (Wildman–Crippen MR) is 103 cm³/mol. The average molecular weight is 371 g/mol. The molecule has 6 heteroatoms. The minimum absolute atomic E-state index is 0.153. The fourth-order valence-corrected chi connectivity index (χ4v) is 5.27. The van der Waals surface area contributed by atoms with Gasteiger partial charge in [0.05, 0.1) is 17.9 Å². The number of carbonyl (C=O) groups excluding carboxylic acids is 1. The zero-order chi connectivity index (χ0) is 17.5. The summed E-state index contributed by atoms with van der Waals surface area (Å²) in [5.74, 6) is 0.924. The van der Waals surface area contributed by atoms with Gasteiger partial charge >= 0.3 is 0 Å². The Kier molecular flexibility index (Phi) is 4.31. The highest BCUT2D eigenvalue weighted by Crippen LogP contribution is 2.43. The van der Waals surface area contributed by atoms with Crippen LogP contribution in [0.25, 0.3) is 11.3 Å². The topological polar surface area (TPSA) is 59.8 Å². The van der Waals surface area contributed by atoms with E-state index in [4.69, 9.17) is 4.98 Å². The fourth-order valence-electron chi connectivity index (χ4n) is 4.11. The molecule has 3 fully saturated rings. The molecule has 0 spiro atoms. The Morgan fingerprint density at radius 2 is 1.88 bits per heavy atom. The van der Waals surface area contributed by atoms with Gasteiger partial charge in [-0.3, -0.25) is 9.48 Å². The zero-order valence-corrected chi connectivity index (χ0v) is 15.9. The van der Waals surface area contributed by atoms with Crippen molar-refractivity contribution in [2.45, 2.75) is 76.2 Å². The van der Waals surface area contributed by atoms with E-state index in [1.54, 1.807) is 11.3 Å². The van der Waals surface area contributed by atoms with Crippen molar-refractivity contribution in [3.63, 3.8) is 0 Å². The molecule has 0 aliphatic heterocycles. The molecule has 0 atom stereocenters. The van der Waals surface area contributed by atoms with E-state index in [0.717, 1.165) is 29.2 Å². The average Bonchev–Trinajstić information content (AvgIpc) is 3.18. The summed E-state index contributed by atoms with van der Waals surface area (Å²) in [7, 11) is 0. The smallest absolute Gasteiger partial charge is 0.229 e. The van der Waals surface area contributed by atoms with E-state index in [-0.39, 0.29) is 11.8 Å². The van der Waals surface area contributed by atoms with Gasteiger partial charge in [0.1, 0.15) is 0 Å². The van der Waals surface area contributed by atoms with Gasteiger partial charge in [-0.2, -0.15) is 5.10 Å². The summed E-state index contributed by atoms with van der Waals surface area (Å²) in [6.45, 7) is 0. The first-order chi connectivity index (χ1) is 12.8. The molecule has 3 saturated carbocycles. The van der Waals surface area contributed by atoms with Gasteiger partial charge in [-0.15, -0.1) is 11.3 Å². The Hall–Kier alpha value is -1.69. The standard InChI is InChI=1S/C20H26N4OS/c25-19(14-7-4-8-14)23-20-22-17(15-11-21-24(12-15)16-9-10-16)18(26-20)13-5-2-1-3-6-13/h11-14,16H,1-10H2,(H,22,23,25). The maximum absolute atomic E-state index is 12.4. The van der Waals surface area contributed by atoms with E-state index in [9.17, 15) is 4.79 Å². The number of nitrogens with zero attached hydrogens (tertiary/aromatic N) is 3. The number of hydrogen-bond acceptors (Lipinski definition) is 4. The van der Waals surface area contributed by atoms with E-state index in [1.165, 1.54) is 56.2 Å². The number of aromatic nitrogens is 3. The van der Waals surface area contributed by atoms with E-state index in [0.29, 0.717) is 12.0 Å². The molecule has 2 aromatic heterocycles. The van der Waals surface area contributed by atoms with Crippen molar-refractivity contribution < 1.29 is 4.79 Å². The minimum Gasteiger partial charge on any atom is -0.302 e. The number of rotatable bonds is 5. The number of nitrogens with one attached hydrogen (secondary N) is 1. The lowest BCUT2D eigenvalue weighted by molar-refractivity contribution is -0.122. The van der Waals surface area contributed by atoms with Gasteiger partial charge in [0.2, 0.25) is 5.91 Å². The molecule has 0 radical (unpaired) electrons. The van der Waals surface area contributed by atoms with Crippen LogP contribution >= 0.6 is 11.3 Å². The van der Waals surface area contributed by atoms with Gasteiger partial charge in [-0.05, 0) is 44.4 Å². The zero-order valence-electron chi connectivity index (χ0n) is 15.1. The van der Waals surface area contributed by atoms with Crippen LogP contribution in [0.1, 0.15) is 81.0 Å². The SMILES string of the molecule is O=C(Nc1nc(-c2cnn(C3CC3)c2)c(C2CCCCC2)s1)C1CCC1. The van der Waals surface area contributed by atoms with E-state index < -0.39 is 0 Å². The first-order valence-electron chi connectivity index (χ1n) is 10.1. The second-order valence-corrected chi connectivity index (χ2v) is 9.15. The highest BCUT2D eigenvalue weighted by Gasteiger charge is 2.29. The second kappa shape index (κ2) is 6.80. The lowest BCUT2D eigenvalue weighted by Gasteiger charge is -2.23. The third kappa shape index (κ3) is 3.20. The van der Waals surface area contributed by atoms with E-state index in [1.807, 2.05) is 6.20 Å². The van der Waals surface area contributed by atoms with Crippen LogP contribution in [0.3, 0.4) is 0 Å². The van der Waals surface area contributed by atoms with Gasteiger partial charge < -0.3 is 5.32 Å². The monoisotopic (exact) mass is 370 g/mol. The number of thiazole rings is 1.